The van der Waals surface area contributed by atoms with Gasteiger partial charge in [-0.2, -0.15) is 0 Å². The number of hydrogen-bond acceptors (Lipinski definition) is 7. The molecule has 0 saturated carbocycles. The van der Waals surface area contributed by atoms with E-state index in [1.54, 1.807) is 12.1 Å². The van der Waals surface area contributed by atoms with Gasteiger partial charge in [-0.05, 0) is 36.5 Å². The summed E-state index contributed by atoms with van der Waals surface area (Å²) in [5.41, 5.74) is 7.19. The predicted octanol–water partition coefficient (Wildman–Crippen LogP) is -0.556. The maximum atomic E-state index is 12.8. The van der Waals surface area contributed by atoms with Crippen LogP contribution in [0.4, 0.5) is 0 Å². The van der Waals surface area contributed by atoms with Gasteiger partial charge in [0.05, 0.1) is 18.9 Å². The molecule has 0 aliphatic heterocycles. The number of amides is 3. The summed E-state index contributed by atoms with van der Waals surface area (Å²) >= 11 is 0. The molecular weight excluding hydrogens is 456 g/mol. The largest absolute Gasteiger partial charge is 0.508 e. The number of rotatable bonds is 13. The Morgan fingerprint density at radius 3 is 2.29 bits per heavy atom. The number of aromatic hydroxyl groups is 1. The Labute approximate surface area is 202 Å². The van der Waals surface area contributed by atoms with Crippen LogP contribution in [0.5, 0.6) is 5.75 Å². The number of nitrogens with two attached hydrogens (primary N) is 1. The van der Waals surface area contributed by atoms with Crippen molar-refractivity contribution in [2.75, 3.05) is 6.54 Å². The maximum absolute atomic E-state index is 12.8. The minimum absolute atomic E-state index is 0.0260. The zero-order valence-corrected chi connectivity index (χ0v) is 19.7. The van der Waals surface area contributed by atoms with E-state index in [1.165, 1.54) is 24.7 Å². The van der Waals surface area contributed by atoms with Gasteiger partial charge < -0.3 is 36.9 Å². The monoisotopic (exact) mass is 488 g/mol. The van der Waals surface area contributed by atoms with E-state index in [0.29, 0.717) is 5.69 Å². The van der Waals surface area contributed by atoms with Crippen LogP contribution in [-0.2, 0) is 32.0 Å². The van der Waals surface area contributed by atoms with E-state index in [9.17, 15) is 29.4 Å². The van der Waals surface area contributed by atoms with Crippen LogP contribution in [0, 0.1) is 5.92 Å². The fourth-order valence-electron chi connectivity index (χ4n) is 3.31. The first-order chi connectivity index (χ1) is 16.5. The van der Waals surface area contributed by atoms with Crippen molar-refractivity contribution >= 4 is 23.7 Å². The molecule has 0 aliphatic carbocycles. The zero-order chi connectivity index (χ0) is 26.0. The van der Waals surface area contributed by atoms with Gasteiger partial charge >= 0.3 is 5.97 Å². The maximum Gasteiger partial charge on any atom is 0.326 e. The van der Waals surface area contributed by atoms with Crippen molar-refractivity contribution in [3.8, 4) is 5.75 Å². The SMILES string of the molecule is CC(C)CC(NC(=O)C(Cc1cnc[nH]1)NC(=O)CNC(=O)C(N)Cc1ccc(O)cc1)C(=O)O. The molecule has 0 aliphatic rings. The number of aliphatic carboxylic acids is 1. The van der Waals surface area contributed by atoms with Gasteiger partial charge in [0, 0.05) is 18.3 Å². The minimum Gasteiger partial charge on any atom is -0.508 e. The lowest BCUT2D eigenvalue weighted by atomic mass is 10.0. The van der Waals surface area contributed by atoms with Gasteiger partial charge in [-0.1, -0.05) is 26.0 Å². The summed E-state index contributed by atoms with van der Waals surface area (Å²) in [5.74, 6) is -2.93. The summed E-state index contributed by atoms with van der Waals surface area (Å²) in [6.07, 6.45) is 3.37. The highest BCUT2D eigenvalue weighted by molar-refractivity contribution is 5.92. The third-order valence-electron chi connectivity index (χ3n) is 5.10. The number of aromatic nitrogens is 2. The molecule has 1 aromatic carbocycles. The Hall–Kier alpha value is -3.93. The molecule has 0 spiro atoms. The lowest BCUT2D eigenvalue weighted by molar-refractivity contribution is -0.142. The molecule has 8 N–H and O–H groups in total. The second-order valence-electron chi connectivity index (χ2n) is 8.62. The van der Waals surface area contributed by atoms with Crippen molar-refractivity contribution in [1.29, 1.82) is 0 Å². The highest BCUT2D eigenvalue weighted by atomic mass is 16.4. The molecule has 0 bridgehead atoms. The summed E-state index contributed by atoms with van der Waals surface area (Å²) in [6.45, 7) is 3.24. The molecule has 3 unspecified atom stereocenters. The normalized spacial score (nSPS) is 13.5. The molecule has 12 nitrogen and oxygen atoms in total. The van der Waals surface area contributed by atoms with Gasteiger partial charge in [-0.25, -0.2) is 9.78 Å². The van der Waals surface area contributed by atoms with Crippen LogP contribution >= 0.6 is 0 Å². The second kappa shape index (κ2) is 13.1. The van der Waals surface area contributed by atoms with E-state index in [0.717, 1.165) is 5.56 Å². The molecule has 3 amide bonds. The molecule has 2 rings (SSSR count). The number of phenolic OH excluding ortho intramolecular Hbond substituents is 1. The number of nitrogens with one attached hydrogen (secondary N) is 4. The van der Waals surface area contributed by atoms with Crippen molar-refractivity contribution in [1.82, 2.24) is 25.9 Å². The highest BCUT2D eigenvalue weighted by Gasteiger charge is 2.28. The third-order valence-corrected chi connectivity index (χ3v) is 5.10. The molecule has 0 saturated heterocycles. The van der Waals surface area contributed by atoms with Gasteiger partial charge in [0.2, 0.25) is 17.7 Å². The average Bonchev–Trinajstić information content (AvgIpc) is 3.30. The third kappa shape index (κ3) is 9.45. The van der Waals surface area contributed by atoms with Crippen molar-refractivity contribution in [3.05, 3.63) is 48.0 Å². The van der Waals surface area contributed by atoms with E-state index in [2.05, 4.69) is 25.9 Å². The first-order valence-corrected chi connectivity index (χ1v) is 11.2. The molecule has 3 atom stereocenters. The first kappa shape index (κ1) is 27.3. The summed E-state index contributed by atoms with van der Waals surface area (Å²) in [5, 5.41) is 26.2. The number of carbonyl (C=O) groups excluding carboxylic acids is 3. The summed E-state index contributed by atoms with van der Waals surface area (Å²) in [6, 6.07) is 3.10. The Bertz CT molecular complexity index is 992. The van der Waals surface area contributed by atoms with Crippen molar-refractivity contribution in [2.45, 2.75) is 51.2 Å². The topological polar surface area (TPSA) is 200 Å². The summed E-state index contributed by atoms with van der Waals surface area (Å²) in [4.78, 5) is 55.9. The Morgan fingerprint density at radius 2 is 1.71 bits per heavy atom. The van der Waals surface area contributed by atoms with Crippen LogP contribution in [-0.4, -0.2) is 68.5 Å². The Morgan fingerprint density at radius 1 is 1.03 bits per heavy atom. The molecule has 190 valence electrons. The second-order valence-corrected chi connectivity index (χ2v) is 8.62. The van der Waals surface area contributed by atoms with Crippen molar-refractivity contribution in [3.63, 3.8) is 0 Å². The Balaban J connectivity index is 1.95. The van der Waals surface area contributed by atoms with E-state index in [4.69, 9.17) is 5.73 Å². The summed E-state index contributed by atoms with van der Waals surface area (Å²) < 4.78 is 0. The van der Waals surface area contributed by atoms with Crippen LogP contribution in [0.25, 0.3) is 0 Å². The standard InChI is InChI=1S/C23H32N6O6/c1-13(2)7-19(23(34)35)29-22(33)18(9-15-10-25-12-27-15)28-20(31)11-26-21(32)17(24)8-14-3-5-16(30)6-4-14/h3-6,10,12-13,17-19,30H,7-9,11,24H2,1-2H3,(H,25,27)(H,26,32)(H,28,31)(H,29,33)(H,34,35). The average molecular weight is 489 g/mol. The van der Waals surface area contributed by atoms with Gasteiger partial charge in [-0.3, -0.25) is 14.4 Å². The van der Waals surface area contributed by atoms with E-state index in [1.807, 2.05) is 13.8 Å². The van der Waals surface area contributed by atoms with Crippen LogP contribution < -0.4 is 21.7 Å². The highest BCUT2D eigenvalue weighted by Crippen LogP contribution is 2.11. The quantitative estimate of drug-likeness (QED) is 0.194. The lowest BCUT2D eigenvalue weighted by Gasteiger charge is -2.22. The van der Waals surface area contributed by atoms with E-state index in [-0.39, 0.29) is 30.9 Å². The van der Waals surface area contributed by atoms with Crippen LogP contribution in [0.15, 0.2) is 36.8 Å². The molecule has 12 heteroatoms. The fraction of sp³-hybridized carbons (Fsp3) is 0.435. The van der Waals surface area contributed by atoms with Crippen LogP contribution in [0.3, 0.4) is 0 Å². The molecule has 35 heavy (non-hydrogen) atoms. The van der Waals surface area contributed by atoms with Crippen LogP contribution in [0.1, 0.15) is 31.5 Å². The fourth-order valence-corrected chi connectivity index (χ4v) is 3.31. The number of aromatic amines is 1. The molecule has 1 heterocycles. The summed E-state index contributed by atoms with van der Waals surface area (Å²) in [7, 11) is 0. The number of carboxylic acid groups (broad SMARTS) is 1. The lowest BCUT2D eigenvalue weighted by Crippen LogP contribution is -2.54. The number of hydrogen-bond donors (Lipinski definition) is 7. The number of H-pyrrole nitrogens is 1. The Kier molecular flexibility index (Phi) is 10.2. The molecule has 0 fully saturated rings. The number of nitrogens with zero attached hydrogens (tertiary/aromatic N) is 1. The molecule has 0 radical (unpaired) electrons. The van der Waals surface area contributed by atoms with Crippen molar-refractivity contribution in [2.24, 2.45) is 11.7 Å². The van der Waals surface area contributed by atoms with Gasteiger partial charge in [0.25, 0.3) is 0 Å². The smallest absolute Gasteiger partial charge is 0.326 e. The van der Waals surface area contributed by atoms with Gasteiger partial charge in [0.15, 0.2) is 0 Å². The number of imidazole rings is 1. The molecule has 2 aromatic rings. The van der Waals surface area contributed by atoms with E-state index >= 15 is 0 Å². The number of benzene rings is 1. The molecule has 1 aromatic heterocycles. The van der Waals surface area contributed by atoms with Crippen LogP contribution in [0.2, 0.25) is 0 Å². The number of carbonyl (C=O) groups is 4. The zero-order valence-electron chi connectivity index (χ0n) is 19.7. The van der Waals surface area contributed by atoms with Gasteiger partial charge in [-0.15, -0.1) is 0 Å². The molecular formula is C23H32N6O6. The first-order valence-electron chi connectivity index (χ1n) is 11.2. The predicted molar refractivity (Wildman–Crippen MR) is 126 cm³/mol. The van der Waals surface area contributed by atoms with Crippen molar-refractivity contribution < 1.29 is 29.4 Å². The number of phenols is 1. The van der Waals surface area contributed by atoms with Gasteiger partial charge in [0.1, 0.15) is 17.8 Å². The number of carboxylic acids is 1. The minimum atomic E-state index is -1.17. The van der Waals surface area contributed by atoms with E-state index < -0.39 is 48.4 Å².